The lowest BCUT2D eigenvalue weighted by molar-refractivity contribution is -0.152. The van der Waals surface area contributed by atoms with Gasteiger partial charge in [-0.05, 0) is 58.0 Å². The second-order valence-corrected chi connectivity index (χ2v) is 11.0. The third-order valence-corrected chi connectivity index (χ3v) is 7.29. The van der Waals surface area contributed by atoms with Crippen LogP contribution in [0.25, 0.3) is 0 Å². The van der Waals surface area contributed by atoms with Crippen LogP contribution >= 0.6 is 0 Å². The lowest BCUT2D eigenvalue weighted by Crippen LogP contribution is -2.62. The zero-order chi connectivity index (χ0) is 22.8. The SMILES string of the molecule is CC(C)CC(C(=O)N1CCC2(CC1)CC(N(C)C)CO2)N1CCN[C@@H](CC(C)C)C1=O. The number of hydrogen-bond acceptors (Lipinski definition) is 5. The highest BCUT2D eigenvalue weighted by molar-refractivity contribution is 5.90. The first-order valence-corrected chi connectivity index (χ1v) is 12.2. The Balaban J connectivity index is 1.66. The summed E-state index contributed by atoms with van der Waals surface area (Å²) in [6.07, 6.45) is 4.37. The molecule has 0 aliphatic carbocycles. The van der Waals surface area contributed by atoms with Crippen LogP contribution in [0.1, 0.15) is 59.8 Å². The van der Waals surface area contributed by atoms with Gasteiger partial charge in [-0.3, -0.25) is 9.59 Å². The van der Waals surface area contributed by atoms with Gasteiger partial charge in [-0.1, -0.05) is 27.7 Å². The number of rotatable bonds is 7. The van der Waals surface area contributed by atoms with Crippen molar-refractivity contribution in [1.82, 2.24) is 20.0 Å². The Morgan fingerprint density at radius 1 is 1.16 bits per heavy atom. The molecule has 3 aliphatic heterocycles. The van der Waals surface area contributed by atoms with Gasteiger partial charge in [0.25, 0.3) is 0 Å². The molecule has 3 atom stereocenters. The Bertz CT molecular complexity index is 628. The quantitative estimate of drug-likeness (QED) is 0.661. The second kappa shape index (κ2) is 10.2. The van der Waals surface area contributed by atoms with Crippen molar-refractivity contribution in [3.05, 3.63) is 0 Å². The predicted octanol–water partition coefficient (Wildman–Crippen LogP) is 1.96. The van der Waals surface area contributed by atoms with E-state index in [0.29, 0.717) is 24.4 Å². The Hall–Kier alpha value is -1.18. The Morgan fingerprint density at radius 2 is 1.84 bits per heavy atom. The molecule has 3 aliphatic rings. The normalized spacial score (nSPS) is 27.7. The maximum absolute atomic E-state index is 13.6. The molecule has 1 spiro atoms. The summed E-state index contributed by atoms with van der Waals surface area (Å²) in [5.74, 6) is 1.02. The van der Waals surface area contributed by atoms with E-state index in [1.54, 1.807) is 0 Å². The van der Waals surface area contributed by atoms with Crippen LogP contribution in [-0.4, -0.2) is 97.1 Å². The van der Waals surface area contributed by atoms with Crippen LogP contribution in [0.5, 0.6) is 0 Å². The van der Waals surface area contributed by atoms with Crippen molar-refractivity contribution in [1.29, 1.82) is 0 Å². The average Bonchev–Trinajstić information content (AvgIpc) is 3.12. The van der Waals surface area contributed by atoms with Crippen LogP contribution in [0.3, 0.4) is 0 Å². The van der Waals surface area contributed by atoms with Crippen molar-refractivity contribution in [3.8, 4) is 0 Å². The molecule has 3 heterocycles. The molecule has 0 aromatic rings. The van der Waals surface area contributed by atoms with Crippen LogP contribution in [0, 0.1) is 11.8 Å². The molecule has 7 nitrogen and oxygen atoms in total. The number of ether oxygens (including phenoxy) is 1. The van der Waals surface area contributed by atoms with E-state index in [-0.39, 0.29) is 29.5 Å². The van der Waals surface area contributed by atoms with Gasteiger partial charge in [-0.15, -0.1) is 0 Å². The van der Waals surface area contributed by atoms with E-state index in [2.05, 4.69) is 52.0 Å². The molecule has 7 heteroatoms. The zero-order valence-corrected chi connectivity index (χ0v) is 20.5. The van der Waals surface area contributed by atoms with Crippen molar-refractivity contribution < 1.29 is 14.3 Å². The third kappa shape index (κ3) is 5.79. The number of piperazine rings is 1. The largest absolute Gasteiger partial charge is 0.373 e. The number of likely N-dealkylation sites (N-methyl/N-ethyl adjacent to an activating group) is 1. The van der Waals surface area contributed by atoms with Gasteiger partial charge in [0.2, 0.25) is 11.8 Å². The summed E-state index contributed by atoms with van der Waals surface area (Å²) >= 11 is 0. The standard InChI is InChI=1S/C24H44N4O3/c1-17(2)13-20-22(29)28(12-9-25-20)21(14-18(3)4)23(30)27-10-7-24(8-11-27)15-19(16-31-24)26(5)6/h17-21,25H,7-16H2,1-6H3/t19?,20-,21?/m0/s1. The zero-order valence-electron chi connectivity index (χ0n) is 20.5. The Labute approximate surface area is 188 Å². The van der Waals surface area contributed by atoms with Gasteiger partial charge < -0.3 is 24.8 Å². The first-order chi connectivity index (χ1) is 14.6. The van der Waals surface area contributed by atoms with E-state index in [1.807, 2.05) is 9.80 Å². The van der Waals surface area contributed by atoms with Crippen LogP contribution in [0.15, 0.2) is 0 Å². The topological polar surface area (TPSA) is 65.1 Å². The molecule has 0 radical (unpaired) electrons. The molecule has 178 valence electrons. The summed E-state index contributed by atoms with van der Waals surface area (Å²) < 4.78 is 6.24. The smallest absolute Gasteiger partial charge is 0.245 e. The number of piperidine rings is 1. The summed E-state index contributed by atoms with van der Waals surface area (Å²) in [4.78, 5) is 33.0. The summed E-state index contributed by atoms with van der Waals surface area (Å²) in [5.41, 5.74) is -0.0769. The summed E-state index contributed by atoms with van der Waals surface area (Å²) in [6, 6.07) is -0.0553. The lowest BCUT2D eigenvalue weighted by atomic mass is 9.86. The van der Waals surface area contributed by atoms with E-state index < -0.39 is 0 Å². The molecule has 0 aromatic carbocycles. The first-order valence-electron chi connectivity index (χ1n) is 12.2. The number of carbonyl (C=O) groups excluding carboxylic acids is 2. The van der Waals surface area contributed by atoms with Crippen LogP contribution in [-0.2, 0) is 14.3 Å². The molecule has 31 heavy (non-hydrogen) atoms. The minimum atomic E-state index is -0.350. The minimum Gasteiger partial charge on any atom is -0.373 e. The monoisotopic (exact) mass is 436 g/mol. The molecule has 0 bridgehead atoms. The number of nitrogens with zero attached hydrogens (tertiary/aromatic N) is 3. The maximum atomic E-state index is 13.6. The van der Waals surface area contributed by atoms with Gasteiger partial charge >= 0.3 is 0 Å². The van der Waals surface area contributed by atoms with E-state index in [0.717, 1.165) is 58.3 Å². The highest BCUT2D eigenvalue weighted by atomic mass is 16.5. The number of amides is 2. The molecular formula is C24H44N4O3. The lowest BCUT2D eigenvalue weighted by Gasteiger charge is -2.43. The molecular weight excluding hydrogens is 392 g/mol. The Morgan fingerprint density at radius 3 is 2.39 bits per heavy atom. The van der Waals surface area contributed by atoms with Crippen molar-refractivity contribution in [2.75, 3.05) is 46.9 Å². The van der Waals surface area contributed by atoms with E-state index in [1.165, 1.54) is 0 Å². The van der Waals surface area contributed by atoms with E-state index in [9.17, 15) is 9.59 Å². The molecule has 3 fully saturated rings. The average molecular weight is 437 g/mol. The van der Waals surface area contributed by atoms with Crippen molar-refractivity contribution in [2.24, 2.45) is 11.8 Å². The number of likely N-dealkylation sites (tertiary alicyclic amines) is 1. The van der Waals surface area contributed by atoms with Crippen LogP contribution in [0.4, 0.5) is 0 Å². The molecule has 0 saturated carbocycles. The fourth-order valence-corrected chi connectivity index (χ4v) is 5.38. The van der Waals surface area contributed by atoms with Gasteiger partial charge in [-0.2, -0.15) is 0 Å². The van der Waals surface area contributed by atoms with Gasteiger partial charge in [-0.25, -0.2) is 0 Å². The molecule has 0 aromatic heterocycles. The fourth-order valence-electron chi connectivity index (χ4n) is 5.38. The number of nitrogens with one attached hydrogen (secondary N) is 1. The van der Waals surface area contributed by atoms with Gasteiger partial charge in [0.15, 0.2) is 0 Å². The molecule has 1 N–H and O–H groups in total. The van der Waals surface area contributed by atoms with Crippen LogP contribution < -0.4 is 5.32 Å². The number of carbonyl (C=O) groups is 2. The fraction of sp³-hybridized carbons (Fsp3) is 0.917. The van der Waals surface area contributed by atoms with Gasteiger partial charge in [0.1, 0.15) is 6.04 Å². The Kier molecular flexibility index (Phi) is 8.03. The molecule has 2 unspecified atom stereocenters. The van der Waals surface area contributed by atoms with Gasteiger partial charge in [0, 0.05) is 32.2 Å². The second-order valence-electron chi connectivity index (χ2n) is 11.0. The summed E-state index contributed by atoms with van der Waals surface area (Å²) in [7, 11) is 4.22. The van der Waals surface area contributed by atoms with Gasteiger partial charge in [0.05, 0.1) is 18.2 Å². The molecule has 3 rings (SSSR count). The first kappa shape index (κ1) is 24.5. The maximum Gasteiger partial charge on any atom is 0.245 e. The summed E-state index contributed by atoms with van der Waals surface area (Å²) in [6.45, 7) is 12.2. The minimum absolute atomic E-state index is 0.0769. The van der Waals surface area contributed by atoms with E-state index >= 15 is 0 Å². The van der Waals surface area contributed by atoms with Crippen molar-refractivity contribution in [3.63, 3.8) is 0 Å². The molecule has 3 saturated heterocycles. The predicted molar refractivity (Wildman–Crippen MR) is 123 cm³/mol. The highest BCUT2D eigenvalue weighted by Gasteiger charge is 2.45. The highest BCUT2D eigenvalue weighted by Crippen LogP contribution is 2.37. The third-order valence-electron chi connectivity index (χ3n) is 7.29. The molecule has 2 amide bonds. The van der Waals surface area contributed by atoms with E-state index in [4.69, 9.17) is 4.74 Å². The van der Waals surface area contributed by atoms with Crippen molar-refractivity contribution >= 4 is 11.8 Å². The van der Waals surface area contributed by atoms with Crippen LogP contribution in [0.2, 0.25) is 0 Å². The van der Waals surface area contributed by atoms with Crippen molar-refractivity contribution in [2.45, 2.75) is 83.5 Å². The summed E-state index contributed by atoms with van der Waals surface area (Å²) in [5, 5.41) is 3.37. The number of hydrogen-bond donors (Lipinski definition) is 1.